The van der Waals surface area contributed by atoms with Crippen LogP contribution in [0.25, 0.3) is 0 Å². The van der Waals surface area contributed by atoms with Crippen LogP contribution in [-0.4, -0.2) is 12.9 Å². The molecular weight excluding hydrogens is 164 g/mol. The Morgan fingerprint density at radius 2 is 2.31 bits per heavy atom. The Hall–Kier alpha value is -1.57. The van der Waals surface area contributed by atoms with Gasteiger partial charge in [-0.05, 0) is 18.6 Å². The van der Waals surface area contributed by atoms with Gasteiger partial charge in [0.15, 0.2) is 0 Å². The van der Waals surface area contributed by atoms with Crippen molar-refractivity contribution in [3.8, 4) is 5.75 Å². The maximum Gasteiger partial charge on any atom is 0.150 e. The predicted octanol–water partition coefficient (Wildman–Crippen LogP) is 2.45. The SMILES string of the molecule is C=CCCOc1cccc(C=O)c1. The molecule has 1 rings (SSSR count). The maximum atomic E-state index is 10.4. The number of carbonyl (C=O) groups excluding carboxylic acids is 1. The van der Waals surface area contributed by atoms with Gasteiger partial charge in [0.25, 0.3) is 0 Å². The van der Waals surface area contributed by atoms with Crippen LogP contribution in [-0.2, 0) is 0 Å². The lowest BCUT2D eigenvalue weighted by molar-refractivity contribution is 0.112. The minimum Gasteiger partial charge on any atom is -0.493 e. The molecule has 0 heterocycles. The average Bonchev–Trinajstić information content (AvgIpc) is 2.19. The van der Waals surface area contributed by atoms with Gasteiger partial charge in [-0.1, -0.05) is 18.2 Å². The first-order valence-corrected chi connectivity index (χ1v) is 4.16. The maximum absolute atomic E-state index is 10.4. The van der Waals surface area contributed by atoms with Gasteiger partial charge in [0.05, 0.1) is 6.61 Å². The van der Waals surface area contributed by atoms with Crippen LogP contribution in [0.3, 0.4) is 0 Å². The summed E-state index contributed by atoms with van der Waals surface area (Å²) >= 11 is 0. The first-order chi connectivity index (χ1) is 6.36. The van der Waals surface area contributed by atoms with E-state index in [0.717, 1.165) is 18.5 Å². The molecule has 2 heteroatoms. The molecule has 0 spiro atoms. The molecule has 13 heavy (non-hydrogen) atoms. The predicted molar refractivity (Wildman–Crippen MR) is 52.1 cm³/mol. The highest BCUT2D eigenvalue weighted by Gasteiger charge is 1.94. The van der Waals surface area contributed by atoms with Crippen molar-refractivity contribution in [3.05, 3.63) is 42.5 Å². The van der Waals surface area contributed by atoms with E-state index in [9.17, 15) is 4.79 Å². The zero-order valence-electron chi connectivity index (χ0n) is 7.40. The second-order valence-corrected chi connectivity index (χ2v) is 2.62. The molecule has 0 atom stereocenters. The molecule has 0 fully saturated rings. The molecule has 0 aliphatic rings. The third kappa shape index (κ3) is 3.11. The van der Waals surface area contributed by atoms with Crippen molar-refractivity contribution in [2.24, 2.45) is 0 Å². The minimum atomic E-state index is 0.603. The molecule has 0 N–H and O–H groups in total. The first kappa shape index (κ1) is 9.52. The lowest BCUT2D eigenvalue weighted by Crippen LogP contribution is -1.95. The highest BCUT2D eigenvalue weighted by atomic mass is 16.5. The fourth-order valence-electron chi connectivity index (χ4n) is 0.938. The highest BCUT2D eigenvalue weighted by Crippen LogP contribution is 2.11. The van der Waals surface area contributed by atoms with Crippen molar-refractivity contribution in [2.45, 2.75) is 6.42 Å². The van der Waals surface area contributed by atoms with Crippen LogP contribution in [0.2, 0.25) is 0 Å². The summed E-state index contributed by atoms with van der Waals surface area (Å²) in [5.74, 6) is 0.728. The van der Waals surface area contributed by atoms with E-state index in [1.165, 1.54) is 0 Å². The summed E-state index contributed by atoms with van der Waals surface area (Å²) in [5, 5.41) is 0. The second-order valence-electron chi connectivity index (χ2n) is 2.62. The van der Waals surface area contributed by atoms with Crippen LogP contribution < -0.4 is 4.74 Å². The molecule has 0 aromatic heterocycles. The van der Waals surface area contributed by atoms with E-state index >= 15 is 0 Å². The van der Waals surface area contributed by atoms with Gasteiger partial charge in [-0.2, -0.15) is 0 Å². The number of ether oxygens (including phenoxy) is 1. The summed E-state index contributed by atoms with van der Waals surface area (Å²) in [6.07, 6.45) is 3.41. The summed E-state index contributed by atoms with van der Waals surface area (Å²) in [7, 11) is 0. The lowest BCUT2D eigenvalue weighted by atomic mass is 10.2. The molecule has 1 aromatic rings. The van der Waals surface area contributed by atoms with Crippen molar-refractivity contribution in [1.29, 1.82) is 0 Å². The number of hydrogen-bond donors (Lipinski definition) is 0. The van der Waals surface area contributed by atoms with Gasteiger partial charge in [-0.3, -0.25) is 4.79 Å². The first-order valence-electron chi connectivity index (χ1n) is 4.16. The quantitative estimate of drug-likeness (QED) is 0.391. The number of hydrogen-bond acceptors (Lipinski definition) is 2. The fourth-order valence-corrected chi connectivity index (χ4v) is 0.938. The van der Waals surface area contributed by atoms with Crippen molar-refractivity contribution in [3.63, 3.8) is 0 Å². The molecule has 2 nitrogen and oxygen atoms in total. The van der Waals surface area contributed by atoms with Gasteiger partial charge in [0.1, 0.15) is 12.0 Å². The normalized spacial score (nSPS) is 9.23. The smallest absolute Gasteiger partial charge is 0.150 e. The largest absolute Gasteiger partial charge is 0.493 e. The average molecular weight is 176 g/mol. The van der Waals surface area contributed by atoms with Crippen LogP contribution >= 0.6 is 0 Å². The van der Waals surface area contributed by atoms with Gasteiger partial charge in [0.2, 0.25) is 0 Å². The van der Waals surface area contributed by atoms with Crippen LogP contribution in [0, 0.1) is 0 Å². The molecule has 0 aliphatic carbocycles. The lowest BCUT2D eigenvalue weighted by Gasteiger charge is -2.03. The van der Waals surface area contributed by atoms with E-state index in [0.29, 0.717) is 12.2 Å². The van der Waals surface area contributed by atoms with E-state index in [2.05, 4.69) is 6.58 Å². The Morgan fingerprint density at radius 1 is 1.46 bits per heavy atom. The Kier molecular flexibility index (Phi) is 3.76. The molecule has 1 aromatic carbocycles. The third-order valence-corrected chi connectivity index (χ3v) is 1.58. The van der Waals surface area contributed by atoms with E-state index in [1.807, 2.05) is 6.07 Å². The van der Waals surface area contributed by atoms with Crippen molar-refractivity contribution in [2.75, 3.05) is 6.61 Å². The van der Waals surface area contributed by atoms with Gasteiger partial charge in [0, 0.05) is 5.56 Å². The van der Waals surface area contributed by atoms with Crippen molar-refractivity contribution >= 4 is 6.29 Å². The van der Waals surface area contributed by atoms with Crippen LogP contribution in [0.4, 0.5) is 0 Å². The van der Waals surface area contributed by atoms with E-state index in [1.54, 1.807) is 24.3 Å². The number of carbonyl (C=O) groups is 1. The van der Waals surface area contributed by atoms with Gasteiger partial charge in [-0.15, -0.1) is 6.58 Å². The highest BCUT2D eigenvalue weighted by molar-refractivity contribution is 5.75. The van der Waals surface area contributed by atoms with E-state index in [4.69, 9.17) is 4.74 Å². The molecule has 68 valence electrons. The molecule has 0 bridgehead atoms. The molecule has 0 saturated carbocycles. The van der Waals surface area contributed by atoms with Crippen molar-refractivity contribution in [1.82, 2.24) is 0 Å². The van der Waals surface area contributed by atoms with E-state index in [-0.39, 0.29) is 0 Å². The molecular formula is C11H12O2. The monoisotopic (exact) mass is 176 g/mol. The Bertz CT molecular complexity index is 292. The standard InChI is InChI=1S/C11H12O2/c1-2-3-7-13-11-6-4-5-10(8-11)9-12/h2,4-6,8-9H,1,3,7H2. The molecule has 0 unspecified atom stereocenters. The zero-order valence-corrected chi connectivity index (χ0v) is 7.40. The van der Waals surface area contributed by atoms with E-state index < -0.39 is 0 Å². The summed E-state index contributed by atoms with van der Waals surface area (Å²) in [6.45, 7) is 4.19. The summed E-state index contributed by atoms with van der Waals surface area (Å²) in [4.78, 5) is 10.4. The minimum absolute atomic E-state index is 0.603. The summed E-state index contributed by atoms with van der Waals surface area (Å²) in [5.41, 5.74) is 0.635. The molecule has 0 aliphatic heterocycles. The molecule has 0 radical (unpaired) electrons. The van der Waals surface area contributed by atoms with Crippen LogP contribution in [0.5, 0.6) is 5.75 Å². The van der Waals surface area contributed by atoms with Gasteiger partial charge < -0.3 is 4.74 Å². The zero-order chi connectivity index (χ0) is 9.52. The number of rotatable bonds is 5. The fraction of sp³-hybridized carbons (Fsp3) is 0.182. The molecule has 0 amide bonds. The summed E-state index contributed by atoms with van der Waals surface area (Å²) < 4.78 is 5.36. The Morgan fingerprint density at radius 3 is 3.00 bits per heavy atom. The summed E-state index contributed by atoms with van der Waals surface area (Å²) in [6, 6.07) is 7.09. The van der Waals surface area contributed by atoms with Crippen LogP contribution in [0.15, 0.2) is 36.9 Å². The number of benzene rings is 1. The number of aldehydes is 1. The Labute approximate surface area is 77.8 Å². The van der Waals surface area contributed by atoms with Gasteiger partial charge in [-0.25, -0.2) is 0 Å². The van der Waals surface area contributed by atoms with Crippen molar-refractivity contribution < 1.29 is 9.53 Å². The third-order valence-electron chi connectivity index (χ3n) is 1.58. The Balaban J connectivity index is 2.55. The van der Waals surface area contributed by atoms with Gasteiger partial charge >= 0.3 is 0 Å². The molecule has 0 saturated heterocycles. The second kappa shape index (κ2) is 5.14. The topological polar surface area (TPSA) is 26.3 Å². The van der Waals surface area contributed by atoms with Crippen LogP contribution in [0.1, 0.15) is 16.8 Å².